The molecule has 1 aromatic heterocycles. The minimum Gasteiger partial charge on any atom is -0.466 e. The molecule has 2 N–H and O–H groups in total. The van der Waals surface area contributed by atoms with Gasteiger partial charge in [-0.3, -0.25) is 14.4 Å². The van der Waals surface area contributed by atoms with E-state index in [9.17, 15) is 22.8 Å². The maximum Gasteiger partial charge on any atom is 0.310 e. The summed E-state index contributed by atoms with van der Waals surface area (Å²) < 4.78 is 38.4. The fourth-order valence-electron chi connectivity index (χ4n) is 3.69. The number of nitrogens with zero attached hydrogens (tertiary/aromatic N) is 3. The number of halogens is 1. The number of aryl methyl sites for hydroxylation is 1. The van der Waals surface area contributed by atoms with Crippen LogP contribution >= 0.6 is 11.6 Å². The number of anilines is 1. The minimum atomic E-state index is -3.83. The van der Waals surface area contributed by atoms with Gasteiger partial charge in [0.1, 0.15) is 6.54 Å². The molecule has 0 atom stereocenters. The number of nitrogens with one attached hydrogen (secondary N) is 2. The van der Waals surface area contributed by atoms with Gasteiger partial charge in [-0.25, -0.2) is 17.8 Å². The van der Waals surface area contributed by atoms with Gasteiger partial charge >= 0.3 is 5.97 Å². The molecule has 1 aliphatic heterocycles. The van der Waals surface area contributed by atoms with Crippen molar-refractivity contribution >= 4 is 51.1 Å². The molecule has 1 amide bonds. The molecule has 37 heavy (non-hydrogen) atoms. The van der Waals surface area contributed by atoms with Crippen LogP contribution in [0.1, 0.15) is 43.7 Å². The number of ether oxygens (including phenoxy) is 1. The second-order valence-corrected chi connectivity index (χ2v) is 10.5. The van der Waals surface area contributed by atoms with E-state index >= 15 is 0 Å². The van der Waals surface area contributed by atoms with Crippen LogP contribution in [0.15, 0.2) is 34.1 Å². The second-order valence-electron chi connectivity index (χ2n) is 8.36. The Labute approximate surface area is 219 Å². The van der Waals surface area contributed by atoms with Crippen LogP contribution in [-0.4, -0.2) is 55.2 Å². The Kier molecular flexibility index (Phi) is 9.76. The highest BCUT2D eigenvalue weighted by atomic mass is 35.5. The molecule has 0 spiro atoms. The molecule has 0 unspecified atom stereocenters. The van der Waals surface area contributed by atoms with Crippen LogP contribution in [-0.2, 0) is 37.3 Å². The van der Waals surface area contributed by atoms with Gasteiger partial charge in [-0.1, -0.05) is 17.7 Å². The fraction of sp³-hybridized carbons (Fsp3) is 0.417. The van der Waals surface area contributed by atoms with E-state index in [-0.39, 0.29) is 40.7 Å². The lowest BCUT2D eigenvalue weighted by Gasteiger charge is -2.12. The first-order valence-corrected chi connectivity index (χ1v) is 13.6. The summed E-state index contributed by atoms with van der Waals surface area (Å²) >= 11 is 6.01. The van der Waals surface area contributed by atoms with E-state index < -0.39 is 34.0 Å². The number of carbonyl (C=O) groups is 2. The first-order valence-electron chi connectivity index (χ1n) is 11.8. The van der Waals surface area contributed by atoms with Crippen molar-refractivity contribution in [2.45, 2.75) is 57.4 Å². The Balaban J connectivity index is 1.69. The second kappa shape index (κ2) is 12.8. The zero-order chi connectivity index (χ0) is 27.0. The van der Waals surface area contributed by atoms with E-state index in [2.05, 4.69) is 19.8 Å². The molecule has 2 heterocycles. The third-order valence-electron chi connectivity index (χ3n) is 5.55. The number of benzene rings is 1. The molecule has 11 nitrogen and oxygen atoms in total. The summed E-state index contributed by atoms with van der Waals surface area (Å²) in [4.78, 5) is 37.1. The van der Waals surface area contributed by atoms with Crippen LogP contribution in [0, 0.1) is 6.92 Å². The highest BCUT2D eigenvalue weighted by Gasteiger charge is 2.21. The lowest BCUT2D eigenvalue weighted by Crippen LogP contribution is -2.32. The van der Waals surface area contributed by atoms with Crippen molar-refractivity contribution in [2.75, 3.05) is 18.5 Å². The molecule has 1 aromatic carbocycles. The van der Waals surface area contributed by atoms with Crippen LogP contribution in [0.25, 0.3) is 0 Å². The van der Waals surface area contributed by atoms with Gasteiger partial charge in [0.2, 0.25) is 15.9 Å². The Morgan fingerprint density at radius 3 is 2.78 bits per heavy atom. The largest absolute Gasteiger partial charge is 0.466 e. The van der Waals surface area contributed by atoms with E-state index in [1.165, 1.54) is 12.3 Å². The predicted octanol–water partition coefficient (Wildman–Crippen LogP) is 1.38. The van der Waals surface area contributed by atoms with Gasteiger partial charge in [0.15, 0.2) is 0 Å². The maximum atomic E-state index is 12.9. The molecule has 0 bridgehead atoms. The molecular formula is C24H29ClN5O6S+. The smallest absolute Gasteiger partial charge is 0.310 e. The summed E-state index contributed by atoms with van der Waals surface area (Å²) in [5.41, 5.74) is 0.967. The zero-order valence-corrected chi connectivity index (χ0v) is 22.2. The maximum absolute atomic E-state index is 12.9. The number of carbonyl (C=O) groups excluding carboxylic acids is 2. The normalized spacial score (nSPS) is 13.2. The van der Waals surface area contributed by atoms with Crippen molar-refractivity contribution in [3.8, 4) is 0 Å². The first-order chi connectivity index (χ1) is 17.6. The number of sulfonamides is 1. The summed E-state index contributed by atoms with van der Waals surface area (Å²) in [6, 6.07) is 4.49. The van der Waals surface area contributed by atoms with Gasteiger partial charge < -0.3 is 10.1 Å². The summed E-state index contributed by atoms with van der Waals surface area (Å²) in [6.07, 6.45) is 5.98. The van der Waals surface area contributed by atoms with Crippen molar-refractivity contribution in [3.63, 3.8) is 0 Å². The number of hydrogen-bond donors (Lipinski definition) is 2. The molecule has 2 aromatic rings. The van der Waals surface area contributed by atoms with Crippen molar-refractivity contribution in [1.29, 1.82) is 0 Å². The summed E-state index contributed by atoms with van der Waals surface area (Å²) in [5, 5.41) is 6.43. The van der Waals surface area contributed by atoms with Crippen molar-refractivity contribution in [3.05, 3.63) is 50.9 Å². The molecule has 1 aliphatic rings. The van der Waals surface area contributed by atoms with E-state index in [4.69, 9.17) is 16.3 Å². The molecule has 0 fully saturated rings. The zero-order valence-electron chi connectivity index (χ0n) is 20.6. The Morgan fingerprint density at radius 1 is 1.30 bits per heavy atom. The molecule has 0 radical (unpaired) electrons. The number of esters is 1. The van der Waals surface area contributed by atoms with E-state index in [1.807, 2.05) is 6.21 Å². The molecule has 0 saturated carbocycles. The summed E-state index contributed by atoms with van der Waals surface area (Å²) in [5.74, 6) is -1.25. The highest BCUT2D eigenvalue weighted by Crippen LogP contribution is 2.20. The lowest BCUT2D eigenvalue weighted by molar-refractivity contribution is -0.142. The number of rotatable bonds is 11. The summed E-state index contributed by atoms with van der Waals surface area (Å²) in [6.45, 7) is 3.18. The fourth-order valence-corrected chi connectivity index (χ4v) is 5.19. The third-order valence-corrected chi connectivity index (χ3v) is 7.48. The summed E-state index contributed by atoms with van der Waals surface area (Å²) in [7, 11) is -3.83. The number of aromatic nitrogens is 2. The van der Waals surface area contributed by atoms with E-state index in [0.717, 1.165) is 29.7 Å². The minimum absolute atomic E-state index is 0.00992. The van der Waals surface area contributed by atoms with Crippen LogP contribution in [0.2, 0.25) is 5.02 Å². The molecule has 0 saturated heterocycles. The quantitative estimate of drug-likeness (QED) is 0.317. The van der Waals surface area contributed by atoms with E-state index in [1.54, 1.807) is 26.0 Å². The van der Waals surface area contributed by atoms with E-state index in [0.29, 0.717) is 12.0 Å². The first kappa shape index (κ1) is 28.3. The molecular weight excluding hydrogens is 522 g/mol. The molecule has 0 aliphatic carbocycles. The van der Waals surface area contributed by atoms with Crippen LogP contribution in [0.4, 0.5) is 5.69 Å². The number of amides is 1. The Hall–Kier alpha value is -3.31. The number of hydrogen-bond acceptors (Lipinski definition) is 7. The highest BCUT2D eigenvalue weighted by molar-refractivity contribution is 7.89. The molecule has 198 valence electrons. The van der Waals surface area contributed by atoms with Gasteiger partial charge in [0, 0.05) is 25.1 Å². The lowest BCUT2D eigenvalue weighted by atomic mass is 10.1. The topological polar surface area (TPSA) is 151 Å². The molecule has 13 heteroatoms. The van der Waals surface area contributed by atoms with Crippen LogP contribution < -0.4 is 20.3 Å². The van der Waals surface area contributed by atoms with Crippen molar-refractivity contribution in [1.82, 2.24) is 19.2 Å². The predicted molar refractivity (Wildman–Crippen MR) is 141 cm³/mol. The molecule has 3 rings (SSSR count). The third kappa shape index (κ3) is 7.83. The average molecular weight is 551 g/mol. The van der Waals surface area contributed by atoms with Gasteiger partial charge in [-0.05, 0) is 38.0 Å². The van der Waals surface area contributed by atoms with Gasteiger partial charge in [-0.2, -0.15) is 5.10 Å². The standard InChI is InChI=1S/C24H28ClN5O6S/c1-3-36-23(32)13-19-20(25)14-27-30(24(19)33)15-22(31)29-18-8-7-16(2)21(12-18)37(34,35)28-11-9-17-6-4-5-10-26-17/h7-8,10,12,14,28H,3-6,9,11,13,15H2,1-2H3/p+1. The van der Waals surface area contributed by atoms with Crippen LogP contribution in [0.3, 0.4) is 0 Å². The SMILES string of the molecule is CCOC(=O)Cc1c(Cl)cnn(CC(=O)Nc2ccc(C)c(S(=O)(=O)NCCC3=[N+]=CCCC3)c2)c1=O. The Bertz CT molecular complexity index is 1410. The van der Waals surface area contributed by atoms with Gasteiger partial charge in [-0.15, -0.1) is 4.67 Å². The Morgan fingerprint density at radius 2 is 2.08 bits per heavy atom. The van der Waals surface area contributed by atoms with Gasteiger partial charge in [0.25, 0.3) is 17.5 Å². The van der Waals surface area contributed by atoms with Crippen LogP contribution in [0.5, 0.6) is 0 Å². The van der Waals surface area contributed by atoms with Crippen molar-refractivity contribution in [2.24, 2.45) is 0 Å². The van der Waals surface area contributed by atoms with Gasteiger partial charge in [0.05, 0.1) is 41.1 Å². The monoisotopic (exact) mass is 550 g/mol. The van der Waals surface area contributed by atoms with Crippen molar-refractivity contribution < 1.29 is 22.7 Å². The average Bonchev–Trinajstić information content (AvgIpc) is 2.85.